The highest BCUT2D eigenvalue weighted by atomic mass is 16.1. The highest BCUT2D eigenvalue weighted by Gasteiger charge is 2.24. The molecule has 1 saturated heterocycles. The molecule has 0 bridgehead atoms. The van der Waals surface area contributed by atoms with Crippen LogP contribution in [0.2, 0.25) is 0 Å². The summed E-state index contributed by atoms with van der Waals surface area (Å²) < 4.78 is 0. The summed E-state index contributed by atoms with van der Waals surface area (Å²) >= 11 is 0. The highest BCUT2D eigenvalue weighted by Crippen LogP contribution is 2.24. The van der Waals surface area contributed by atoms with E-state index in [-0.39, 0.29) is 11.8 Å². The van der Waals surface area contributed by atoms with Gasteiger partial charge in [-0.2, -0.15) is 5.26 Å². The highest BCUT2D eigenvalue weighted by molar-refractivity contribution is 5.77. The number of hydrogen-bond donors (Lipinski definition) is 2. The van der Waals surface area contributed by atoms with E-state index in [4.69, 9.17) is 11.0 Å². The average molecular weight is 349 g/mol. The first-order chi connectivity index (χ1) is 12.7. The molecule has 1 aliphatic rings. The van der Waals surface area contributed by atoms with Gasteiger partial charge in [0, 0.05) is 43.9 Å². The van der Waals surface area contributed by atoms with Crippen LogP contribution >= 0.6 is 0 Å². The second-order valence-electron chi connectivity index (χ2n) is 6.56. The number of amides is 1. The molecule has 1 aromatic carbocycles. The maximum atomic E-state index is 11.3. The molecule has 134 valence electrons. The van der Waals surface area contributed by atoms with Gasteiger partial charge in [0.05, 0.1) is 11.6 Å². The van der Waals surface area contributed by atoms with Crippen LogP contribution in [-0.2, 0) is 17.9 Å². The van der Waals surface area contributed by atoms with Crippen LogP contribution in [0.1, 0.15) is 29.5 Å². The third-order valence-corrected chi connectivity index (χ3v) is 4.79. The Hall–Kier alpha value is -2.91. The second-order valence-corrected chi connectivity index (χ2v) is 6.56. The van der Waals surface area contributed by atoms with E-state index >= 15 is 0 Å². The first kappa shape index (κ1) is 17.9. The first-order valence-corrected chi connectivity index (χ1v) is 8.85. The number of carbonyl (C=O) groups excluding carboxylic acids is 1. The summed E-state index contributed by atoms with van der Waals surface area (Å²) in [7, 11) is 0. The van der Waals surface area contributed by atoms with Gasteiger partial charge in [-0.25, -0.2) is 4.98 Å². The summed E-state index contributed by atoms with van der Waals surface area (Å²) in [5.41, 5.74) is 8.36. The van der Waals surface area contributed by atoms with Crippen molar-refractivity contribution < 1.29 is 4.79 Å². The molecule has 0 unspecified atom stereocenters. The molecule has 0 radical (unpaired) electrons. The van der Waals surface area contributed by atoms with Crippen LogP contribution in [0.15, 0.2) is 42.6 Å². The van der Waals surface area contributed by atoms with Gasteiger partial charge in [-0.15, -0.1) is 0 Å². The fourth-order valence-electron chi connectivity index (χ4n) is 3.27. The molecule has 26 heavy (non-hydrogen) atoms. The summed E-state index contributed by atoms with van der Waals surface area (Å²) in [4.78, 5) is 18.1. The SMILES string of the molecule is N#Cc1ccc(CNCc2cccnc2N2CCC(C(N)=O)CC2)cc1. The number of nitrogens with two attached hydrogens (primary N) is 1. The Kier molecular flexibility index (Phi) is 5.82. The molecular weight excluding hydrogens is 326 g/mol. The van der Waals surface area contributed by atoms with Gasteiger partial charge in [-0.1, -0.05) is 18.2 Å². The van der Waals surface area contributed by atoms with Crippen LogP contribution in [-0.4, -0.2) is 24.0 Å². The third-order valence-electron chi connectivity index (χ3n) is 4.79. The van der Waals surface area contributed by atoms with Crippen molar-refractivity contribution in [2.45, 2.75) is 25.9 Å². The van der Waals surface area contributed by atoms with E-state index in [1.54, 1.807) is 6.20 Å². The molecule has 1 aromatic heterocycles. The van der Waals surface area contributed by atoms with Gasteiger partial charge in [-0.3, -0.25) is 4.79 Å². The number of nitriles is 1. The Labute approximate surface area is 153 Å². The molecule has 0 atom stereocenters. The number of aromatic nitrogens is 1. The van der Waals surface area contributed by atoms with E-state index < -0.39 is 0 Å². The molecule has 1 amide bonds. The fourth-order valence-corrected chi connectivity index (χ4v) is 3.27. The Morgan fingerprint density at radius 3 is 2.62 bits per heavy atom. The minimum Gasteiger partial charge on any atom is -0.369 e. The first-order valence-electron chi connectivity index (χ1n) is 8.85. The van der Waals surface area contributed by atoms with Crippen molar-refractivity contribution in [2.24, 2.45) is 11.7 Å². The van der Waals surface area contributed by atoms with Crippen LogP contribution < -0.4 is 16.0 Å². The number of benzene rings is 1. The minimum atomic E-state index is -0.199. The van der Waals surface area contributed by atoms with Crippen molar-refractivity contribution in [1.29, 1.82) is 5.26 Å². The van der Waals surface area contributed by atoms with E-state index in [0.29, 0.717) is 12.1 Å². The molecule has 6 heteroatoms. The minimum absolute atomic E-state index is 0.0204. The topological polar surface area (TPSA) is 95.0 Å². The third kappa shape index (κ3) is 4.38. The number of piperidine rings is 1. The summed E-state index contributed by atoms with van der Waals surface area (Å²) in [5.74, 6) is 0.755. The van der Waals surface area contributed by atoms with Crippen molar-refractivity contribution in [3.05, 3.63) is 59.3 Å². The molecule has 0 spiro atoms. The zero-order valence-corrected chi connectivity index (χ0v) is 14.7. The van der Waals surface area contributed by atoms with Gasteiger partial charge in [0.2, 0.25) is 5.91 Å². The molecule has 3 rings (SSSR count). The molecule has 0 saturated carbocycles. The lowest BCUT2D eigenvalue weighted by molar-refractivity contribution is -0.122. The number of nitrogens with zero attached hydrogens (tertiary/aromatic N) is 3. The second kappa shape index (κ2) is 8.45. The van der Waals surface area contributed by atoms with Gasteiger partial charge in [0.15, 0.2) is 0 Å². The number of carbonyl (C=O) groups is 1. The molecule has 3 N–H and O–H groups in total. The van der Waals surface area contributed by atoms with Crippen molar-refractivity contribution in [3.63, 3.8) is 0 Å². The van der Waals surface area contributed by atoms with E-state index in [9.17, 15) is 4.79 Å². The lowest BCUT2D eigenvalue weighted by Gasteiger charge is -2.32. The maximum absolute atomic E-state index is 11.3. The van der Waals surface area contributed by atoms with Crippen LogP contribution in [0.3, 0.4) is 0 Å². The summed E-state index contributed by atoms with van der Waals surface area (Å²) in [6.45, 7) is 3.03. The Morgan fingerprint density at radius 1 is 1.23 bits per heavy atom. The van der Waals surface area contributed by atoms with Crippen LogP contribution in [0.25, 0.3) is 0 Å². The van der Waals surface area contributed by atoms with Gasteiger partial charge in [0.25, 0.3) is 0 Å². The standard InChI is InChI=1S/C20H23N5O/c21-12-15-3-5-16(6-4-15)13-23-14-18-2-1-9-24-20(18)25-10-7-17(8-11-25)19(22)26/h1-6,9,17,23H,7-8,10-11,13-14H2,(H2,22,26). The fraction of sp³-hybridized carbons (Fsp3) is 0.350. The van der Waals surface area contributed by atoms with Gasteiger partial charge < -0.3 is 16.0 Å². The smallest absolute Gasteiger partial charge is 0.220 e. The number of anilines is 1. The van der Waals surface area contributed by atoms with E-state index in [1.165, 1.54) is 0 Å². The molecule has 1 aliphatic heterocycles. The predicted octanol–water partition coefficient (Wildman–Crippen LogP) is 1.94. The van der Waals surface area contributed by atoms with Gasteiger partial charge in [-0.05, 0) is 36.6 Å². The number of rotatable bonds is 6. The van der Waals surface area contributed by atoms with Crippen LogP contribution in [0.5, 0.6) is 0 Å². The van der Waals surface area contributed by atoms with Crippen LogP contribution in [0, 0.1) is 17.2 Å². The normalized spacial score (nSPS) is 14.8. The largest absolute Gasteiger partial charge is 0.369 e. The van der Waals surface area contributed by atoms with E-state index in [1.807, 2.05) is 30.3 Å². The predicted molar refractivity (Wildman–Crippen MR) is 100 cm³/mol. The lowest BCUT2D eigenvalue weighted by Crippen LogP contribution is -2.39. The van der Waals surface area contributed by atoms with Crippen molar-refractivity contribution in [1.82, 2.24) is 10.3 Å². The summed E-state index contributed by atoms with van der Waals surface area (Å²) in [6.07, 6.45) is 3.37. The Bertz CT molecular complexity index is 789. The van der Waals surface area contributed by atoms with Crippen LogP contribution in [0.4, 0.5) is 5.82 Å². The van der Waals surface area contributed by atoms with Gasteiger partial charge >= 0.3 is 0 Å². The summed E-state index contributed by atoms with van der Waals surface area (Å²) in [5, 5.41) is 12.3. The zero-order chi connectivity index (χ0) is 18.4. The molecule has 2 aromatic rings. The monoisotopic (exact) mass is 349 g/mol. The van der Waals surface area contributed by atoms with Crippen molar-refractivity contribution >= 4 is 11.7 Å². The number of primary amides is 1. The van der Waals surface area contributed by atoms with E-state index in [0.717, 1.165) is 49.4 Å². The van der Waals surface area contributed by atoms with Crippen molar-refractivity contribution in [2.75, 3.05) is 18.0 Å². The number of nitrogens with one attached hydrogen (secondary N) is 1. The van der Waals surface area contributed by atoms with Gasteiger partial charge in [0.1, 0.15) is 5.82 Å². The molecule has 0 aliphatic carbocycles. The Balaban J connectivity index is 1.59. The molecule has 2 heterocycles. The molecular formula is C20H23N5O. The van der Waals surface area contributed by atoms with Crippen molar-refractivity contribution in [3.8, 4) is 6.07 Å². The van der Waals surface area contributed by atoms with E-state index in [2.05, 4.69) is 27.3 Å². The lowest BCUT2D eigenvalue weighted by atomic mass is 9.96. The maximum Gasteiger partial charge on any atom is 0.220 e. The average Bonchev–Trinajstić information content (AvgIpc) is 2.69. The number of pyridine rings is 1. The number of hydrogen-bond acceptors (Lipinski definition) is 5. The quantitative estimate of drug-likeness (QED) is 0.831. The Morgan fingerprint density at radius 2 is 1.96 bits per heavy atom. The zero-order valence-electron chi connectivity index (χ0n) is 14.7. The molecule has 1 fully saturated rings. The summed E-state index contributed by atoms with van der Waals surface area (Å²) in [6, 6.07) is 13.7. The molecule has 6 nitrogen and oxygen atoms in total.